The molecule has 0 aliphatic carbocycles. The fraction of sp³-hybridized carbons (Fsp3) is 0.467. The molecule has 21 heavy (non-hydrogen) atoms. The highest BCUT2D eigenvalue weighted by atomic mass is 19.1. The fourth-order valence-electron chi connectivity index (χ4n) is 1.71. The van der Waals surface area contributed by atoms with Gasteiger partial charge in [0.25, 0.3) is 0 Å². The van der Waals surface area contributed by atoms with Gasteiger partial charge < -0.3 is 10.1 Å². The zero-order valence-electron chi connectivity index (χ0n) is 12.6. The Morgan fingerprint density at radius 1 is 1.38 bits per heavy atom. The number of carbonyl (C=O) groups is 2. The van der Waals surface area contributed by atoms with Crippen LogP contribution in [0.1, 0.15) is 18.9 Å². The zero-order chi connectivity index (χ0) is 15.8. The van der Waals surface area contributed by atoms with Crippen LogP contribution in [0.5, 0.6) is 0 Å². The van der Waals surface area contributed by atoms with Crippen LogP contribution in [0.3, 0.4) is 0 Å². The molecule has 0 aliphatic heterocycles. The molecule has 0 atom stereocenters. The summed E-state index contributed by atoms with van der Waals surface area (Å²) in [5.41, 5.74) is 0.946. The molecule has 0 spiro atoms. The second kappa shape index (κ2) is 8.36. The molecular formula is C15H21FN2O3. The lowest BCUT2D eigenvalue weighted by atomic mass is 10.2. The molecule has 0 aromatic heterocycles. The number of anilines is 1. The Balaban J connectivity index is 2.38. The molecule has 1 aromatic carbocycles. The third-order valence-corrected chi connectivity index (χ3v) is 2.87. The number of amides is 1. The molecular weight excluding hydrogens is 275 g/mol. The average molecular weight is 296 g/mol. The monoisotopic (exact) mass is 296 g/mol. The first-order valence-electron chi connectivity index (χ1n) is 6.82. The minimum atomic E-state index is -0.358. The summed E-state index contributed by atoms with van der Waals surface area (Å²) in [5.74, 6) is -0.904. The zero-order valence-corrected chi connectivity index (χ0v) is 12.6. The lowest BCUT2D eigenvalue weighted by Crippen LogP contribution is -2.32. The van der Waals surface area contributed by atoms with Crippen molar-refractivity contribution in [3.05, 3.63) is 29.6 Å². The number of rotatable bonds is 7. The normalized spacial score (nSPS) is 10.5. The van der Waals surface area contributed by atoms with Gasteiger partial charge in [-0.3, -0.25) is 14.5 Å². The number of aryl methyl sites for hydroxylation is 1. The van der Waals surface area contributed by atoms with Crippen molar-refractivity contribution >= 4 is 17.6 Å². The highest BCUT2D eigenvalue weighted by Crippen LogP contribution is 2.13. The number of halogens is 1. The third kappa shape index (κ3) is 6.35. The summed E-state index contributed by atoms with van der Waals surface area (Å²) in [6.07, 6.45) is 0.233. The van der Waals surface area contributed by atoms with Crippen LogP contribution in [0.2, 0.25) is 0 Å². The first-order valence-corrected chi connectivity index (χ1v) is 6.82. The summed E-state index contributed by atoms with van der Waals surface area (Å²) < 4.78 is 18.2. The maximum Gasteiger partial charge on any atom is 0.307 e. The Kier molecular flexibility index (Phi) is 6.81. The number of ether oxygens (including phenoxy) is 1. The van der Waals surface area contributed by atoms with E-state index in [4.69, 9.17) is 4.74 Å². The summed E-state index contributed by atoms with van der Waals surface area (Å²) >= 11 is 0. The summed E-state index contributed by atoms with van der Waals surface area (Å²) in [4.78, 5) is 24.7. The number of esters is 1. The van der Waals surface area contributed by atoms with Crippen LogP contribution in [0, 0.1) is 12.7 Å². The SMILES string of the molecule is CCOC(=O)CCN(C)CC(=O)Nc1ccc(C)c(F)c1. The highest BCUT2D eigenvalue weighted by Gasteiger charge is 2.10. The van der Waals surface area contributed by atoms with Gasteiger partial charge in [-0.25, -0.2) is 4.39 Å². The van der Waals surface area contributed by atoms with Gasteiger partial charge in [-0.15, -0.1) is 0 Å². The molecule has 0 bridgehead atoms. The van der Waals surface area contributed by atoms with Crippen molar-refractivity contribution in [3.63, 3.8) is 0 Å². The number of likely N-dealkylation sites (N-methyl/N-ethyl adjacent to an activating group) is 1. The molecule has 116 valence electrons. The van der Waals surface area contributed by atoms with Crippen molar-refractivity contribution < 1.29 is 18.7 Å². The number of hydrogen-bond acceptors (Lipinski definition) is 4. The Morgan fingerprint density at radius 3 is 2.71 bits per heavy atom. The second-order valence-electron chi connectivity index (χ2n) is 4.80. The second-order valence-corrected chi connectivity index (χ2v) is 4.80. The van der Waals surface area contributed by atoms with Gasteiger partial charge in [-0.2, -0.15) is 0 Å². The summed E-state index contributed by atoms with van der Waals surface area (Å²) in [6.45, 7) is 4.30. The van der Waals surface area contributed by atoms with E-state index in [0.29, 0.717) is 24.4 Å². The van der Waals surface area contributed by atoms with Gasteiger partial charge in [-0.1, -0.05) is 6.07 Å². The smallest absolute Gasteiger partial charge is 0.307 e. The molecule has 0 saturated carbocycles. The van der Waals surface area contributed by atoms with E-state index in [2.05, 4.69) is 5.32 Å². The van der Waals surface area contributed by atoms with Gasteiger partial charge in [0.2, 0.25) is 5.91 Å². The van der Waals surface area contributed by atoms with Gasteiger partial charge in [0.05, 0.1) is 19.6 Å². The van der Waals surface area contributed by atoms with Crippen LogP contribution >= 0.6 is 0 Å². The Morgan fingerprint density at radius 2 is 2.10 bits per heavy atom. The van der Waals surface area contributed by atoms with E-state index in [0.717, 1.165) is 0 Å². The predicted molar refractivity (Wildman–Crippen MR) is 78.5 cm³/mol. The van der Waals surface area contributed by atoms with E-state index in [1.165, 1.54) is 6.07 Å². The van der Waals surface area contributed by atoms with E-state index in [-0.39, 0.29) is 30.7 Å². The van der Waals surface area contributed by atoms with E-state index in [1.54, 1.807) is 37.9 Å². The summed E-state index contributed by atoms with van der Waals surface area (Å²) in [7, 11) is 1.73. The van der Waals surface area contributed by atoms with Crippen LogP contribution in [0.15, 0.2) is 18.2 Å². The maximum absolute atomic E-state index is 13.4. The molecule has 0 aliphatic rings. The molecule has 0 radical (unpaired) electrons. The van der Waals surface area contributed by atoms with Gasteiger partial charge in [0.1, 0.15) is 5.82 Å². The van der Waals surface area contributed by atoms with E-state index >= 15 is 0 Å². The molecule has 0 fully saturated rings. The first-order chi connectivity index (χ1) is 9.92. The van der Waals surface area contributed by atoms with Crippen molar-refractivity contribution in [2.75, 3.05) is 32.1 Å². The van der Waals surface area contributed by atoms with Crippen LogP contribution in [-0.4, -0.2) is 43.5 Å². The van der Waals surface area contributed by atoms with Crippen molar-refractivity contribution in [1.82, 2.24) is 4.90 Å². The molecule has 1 aromatic rings. The quantitative estimate of drug-likeness (QED) is 0.781. The van der Waals surface area contributed by atoms with Crippen molar-refractivity contribution in [1.29, 1.82) is 0 Å². The Hall–Kier alpha value is -1.95. The minimum absolute atomic E-state index is 0.120. The molecule has 0 heterocycles. The molecule has 1 amide bonds. The molecule has 0 unspecified atom stereocenters. The third-order valence-electron chi connectivity index (χ3n) is 2.87. The van der Waals surface area contributed by atoms with Crippen molar-refractivity contribution in [2.24, 2.45) is 0 Å². The number of hydrogen-bond donors (Lipinski definition) is 1. The Labute approximate surface area is 124 Å². The molecule has 6 heteroatoms. The van der Waals surface area contributed by atoms with Crippen LogP contribution in [0.4, 0.5) is 10.1 Å². The van der Waals surface area contributed by atoms with E-state index in [9.17, 15) is 14.0 Å². The molecule has 1 rings (SSSR count). The predicted octanol–water partition coefficient (Wildman–Crippen LogP) is 1.96. The standard InChI is InChI=1S/C15H21FN2O3/c1-4-21-15(20)7-8-18(3)10-14(19)17-12-6-5-11(2)13(16)9-12/h5-6,9H,4,7-8,10H2,1-3H3,(H,17,19). The summed E-state index contributed by atoms with van der Waals surface area (Å²) in [6, 6.07) is 4.54. The highest BCUT2D eigenvalue weighted by molar-refractivity contribution is 5.92. The number of nitrogens with one attached hydrogen (secondary N) is 1. The van der Waals surface area contributed by atoms with Crippen molar-refractivity contribution in [2.45, 2.75) is 20.3 Å². The molecule has 5 nitrogen and oxygen atoms in total. The van der Waals surface area contributed by atoms with Gasteiger partial charge in [0, 0.05) is 12.2 Å². The minimum Gasteiger partial charge on any atom is -0.466 e. The van der Waals surface area contributed by atoms with E-state index in [1.807, 2.05) is 0 Å². The fourth-order valence-corrected chi connectivity index (χ4v) is 1.71. The topological polar surface area (TPSA) is 58.6 Å². The van der Waals surface area contributed by atoms with Crippen LogP contribution in [-0.2, 0) is 14.3 Å². The number of benzene rings is 1. The van der Waals surface area contributed by atoms with Crippen molar-refractivity contribution in [3.8, 4) is 0 Å². The largest absolute Gasteiger partial charge is 0.466 e. The lowest BCUT2D eigenvalue weighted by Gasteiger charge is -2.15. The lowest BCUT2D eigenvalue weighted by molar-refractivity contribution is -0.143. The van der Waals surface area contributed by atoms with Gasteiger partial charge >= 0.3 is 5.97 Å². The molecule has 1 N–H and O–H groups in total. The maximum atomic E-state index is 13.4. The number of nitrogens with zero attached hydrogens (tertiary/aromatic N) is 1. The van der Waals surface area contributed by atoms with Gasteiger partial charge in [0.15, 0.2) is 0 Å². The first kappa shape index (κ1) is 17.1. The Bertz CT molecular complexity index is 506. The van der Waals surface area contributed by atoms with Gasteiger partial charge in [-0.05, 0) is 38.6 Å². The average Bonchev–Trinajstić information content (AvgIpc) is 2.41. The summed E-state index contributed by atoms with van der Waals surface area (Å²) in [5, 5.41) is 2.62. The van der Waals surface area contributed by atoms with Crippen LogP contribution in [0.25, 0.3) is 0 Å². The van der Waals surface area contributed by atoms with E-state index < -0.39 is 0 Å². The molecule has 0 saturated heterocycles. The van der Waals surface area contributed by atoms with Crippen LogP contribution < -0.4 is 5.32 Å². The number of carbonyl (C=O) groups excluding carboxylic acids is 2.